The minimum absolute atomic E-state index is 0.721. The van der Waals surface area contributed by atoms with Crippen molar-refractivity contribution >= 4 is 17.1 Å². The summed E-state index contributed by atoms with van der Waals surface area (Å²) in [4.78, 5) is 11.1. The van der Waals surface area contributed by atoms with Crippen LogP contribution in [-0.4, -0.2) is 6.29 Å². The van der Waals surface area contributed by atoms with Gasteiger partial charge in [-0.2, -0.15) is 0 Å². The molecule has 3 aromatic rings. The molecule has 0 aromatic heterocycles. The first-order chi connectivity index (χ1) is 11.9. The van der Waals surface area contributed by atoms with Crippen molar-refractivity contribution in [1.82, 2.24) is 0 Å². The number of aryl methyl sites for hydroxylation is 1. The molecule has 0 heterocycles. The van der Waals surface area contributed by atoms with Gasteiger partial charge in [-0.05, 0) is 47.7 Å². The molecule has 118 valence electrons. The van der Waals surface area contributed by atoms with Gasteiger partial charge in [0.2, 0.25) is 0 Å². The number of fused-ring (bicyclic) bond motifs is 1. The van der Waals surface area contributed by atoms with Crippen molar-refractivity contribution < 1.29 is 4.79 Å². The first-order valence-electron chi connectivity index (χ1n) is 8.38. The number of aldehydes is 1. The van der Waals surface area contributed by atoms with Gasteiger partial charge in [-0.3, -0.25) is 4.79 Å². The summed E-state index contributed by atoms with van der Waals surface area (Å²) in [5.74, 6) is 6.55. The average Bonchev–Trinajstić information content (AvgIpc) is 2.65. The third-order valence-electron chi connectivity index (χ3n) is 4.17. The van der Waals surface area contributed by atoms with E-state index in [1.165, 1.54) is 5.56 Å². The molecule has 0 aliphatic carbocycles. The maximum atomic E-state index is 11.1. The Morgan fingerprint density at radius 1 is 0.792 bits per heavy atom. The van der Waals surface area contributed by atoms with E-state index in [4.69, 9.17) is 0 Å². The Balaban J connectivity index is 1.62. The molecule has 3 aromatic carbocycles. The largest absolute Gasteiger partial charge is 0.298 e. The van der Waals surface area contributed by atoms with Gasteiger partial charge in [0.05, 0.1) is 0 Å². The first-order valence-corrected chi connectivity index (χ1v) is 8.38. The van der Waals surface area contributed by atoms with Crippen molar-refractivity contribution in [2.75, 3.05) is 0 Å². The van der Waals surface area contributed by atoms with Crippen molar-refractivity contribution in [3.8, 4) is 11.8 Å². The van der Waals surface area contributed by atoms with Crippen molar-refractivity contribution in [1.29, 1.82) is 0 Å². The molecular formula is C23H20O. The van der Waals surface area contributed by atoms with Gasteiger partial charge >= 0.3 is 0 Å². The fraction of sp³-hybridized carbons (Fsp3) is 0.174. The number of rotatable bonds is 5. The molecule has 0 spiro atoms. The highest BCUT2D eigenvalue weighted by Crippen LogP contribution is 2.21. The third kappa shape index (κ3) is 3.91. The monoisotopic (exact) mass is 312 g/mol. The number of carbonyl (C=O) groups excluding carboxylic acids is 1. The Morgan fingerprint density at radius 2 is 1.54 bits per heavy atom. The van der Waals surface area contributed by atoms with Crippen LogP contribution in [0.4, 0.5) is 0 Å². The fourth-order valence-electron chi connectivity index (χ4n) is 2.88. The molecule has 3 rings (SSSR count). The molecular weight excluding hydrogens is 292 g/mol. The zero-order valence-electron chi connectivity index (χ0n) is 13.7. The Morgan fingerprint density at radius 3 is 2.33 bits per heavy atom. The number of carbonyl (C=O) groups is 1. The van der Waals surface area contributed by atoms with Gasteiger partial charge in [-0.25, -0.2) is 0 Å². The quantitative estimate of drug-likeness (QED) is 0.349. The lowest BCUT2D eigenvalue weighted by atomic mass is 10.00. The van der Waals surface area contributed by atoms with E-state index in [1.54, 1.807) is 0 Å². The van der Waals surface area contributed by atoms with Crippen LogP contribution in [0.15, 0.2) is 66.7 Å². The minimum atomic E-state index is 0.721. The SMILES string of the molecule is O=Cc1ccc(C#CCCCCc2ccccc2)c2ccccc12. The summed E-state index contributed by atoms with van der Waals surface area (Å²) in [5, 5.41) is 2.03. The van der Waals surface area contributed by atoms with Crippen molar-refractivity contribution in [3.63, 3.8) is 0 Å². The summed E-state index contributed by atoms with van der Waals surface area (Å²) in [6.07, 6.45) is 5.18. The first kappa shape index (κ1) is 16.0. The van der Waals surface area contributed by atoms with Crippen LogP contribution in [0, 0.1) is 11.8 Å². The Kier molecular flexibility index (Phi) is 5.43. The predicted octanol–water partition coefficient (Wildman–Crippen LogP) is 5.42. The lowest BCUT2D eigenvalue weighted by Crippen LogP contribution is -1.87. The smallest absolute Gasteiger partial charge is 0.150 e. The standard InChI is InChI=1S/C23H20O/c24-18-21-17-16-20(22-14-8-9-15-23(21)22)13-7-2-1-4-10-19-11-5-3-6-12-19/h3,5-6,8-9,11-12,14-18H,1-2,4,10H2. The van der Waals surface area contributed by atoms with Gasteiger partial charge < -0.3 is 0 Å². The van der Waals surface area contributed by atoms with E-state index >= 15 is 0 Å². The molecule has 0 radical (unpaired) electrons. The van der Waals surface area contributed by atoms with E-state index in [2.05, 4.69) is 42.2 Å². The highest BCUT2D eigenvalue weighted by atomic mass is 16.1. The van der Waals surface area contributed by atoms with Gasteiger partial charge in [-0.15, -0.1) is 0 Å². The van der Waals surface area contributed by atoms with Crippen molar-refractivity contribution in [3.05, 3.63) is 83.4 Å². The molecule has 0 saturated heterocycles. The van der Waals surface area contributed by atoms with E-state index in [9.17, 15) is 4.79 Å². The van der Waals surface area contributed by atoms with Crippen LogP contribution in [0.1, 0.15) is 40.7 Å². The van der Waals surface area contributed by atoms with Crippen molar-refractivity contribution in [2.45, 2.75) is 25.7 Å². The zero-order valence-corrected chi connectivity index (χ0v) is 13.7. The van der Waals surface area contributed by atoms with Gasteiger partial charge in [0, 0.05) is 17.5 Å². The van der Waals surface area contributed by atoms with Crippen LogP contribution in [0.5, 0.6) is 0 Å². The van der Waals surface area contributed by atoms with Crippen LogP contribution in [-0.2, 0) is 6.42 Å². The highest BCUT2D eigenvalue weighted by Gasteiger charge is 2.02. The van der Waals surface area contributed by atoms with Gasteiger partial charge in [0.25, 0.3) is 0 Å². The average molecular weight is 312 g/mol. The van der Waals surface area contributed by atoms with E-state index in [1.807, 2.05) is 36.4 Å². The summed E-state index contributed by atoms with van der Waals surface area (Å²) in [6, 6.07) is 22.3. The lowest BCUT2D eigenvalue weighted by molar-refractivity contribution is 0.112. The number of hydrogen-bond donors (Lipinski definition) is 0. The Hall–Kier alpha value is -2.85. The summed E-state index contributed by atoms with van der Waals surface area (Å²) < 4.78 is 0. The van der Waals surface area contributed by atoms with Crippen LogP contribution < -0.4 is 0 Å². The predicted molar refractivity (Wildman–Crippen MR) is 100 cm³/mol. The molecule has 0 fully saturated rings. The number of unbranched alkanes of at least 4 members (excludes halogenated alkanes) is 2. The molecule has 0 bridgehead atoms. The molecule has 1 heteroatoms. The second-order valence-corrected chi connectivity index (χ2v) is 5.86. The van der Waals surface area contributed by atoms with Crippen LogP contribution in [0.3, 0.4) is 0 Å². The summed E-state index contributed by atoms with van der Waals surface area (Å²) in [7, 11) is 0. The molecule has 0 atom stereocenters. The summed E-state index contributed by atoms with van der Waals surface area (Å²) >= 11 is 0. The maximum absolute atomic E-state index is 11.1. The van der Waals surface area contributed by atoms with E-state index < -0.39 is 0 Å². The molecule has 0 N–H and O–H groups in total. The molecule has 24 heavy (non-hydrogen) atoms. The van der Waals surface area contributed by atoms with Crippen LogP contribution in [0.25, 0.3) is 10.8 Å². The molecule has 0 amide bonds. The Labute approximate surface area is 143 Å². The molecule has 0 saturated carbocycles. The van der Waals surface area contributed by atoms with Gasteiger partial charge in [0.15, 0.2) is 6.29 Å². The van der Waals surface area contributed by atoms with Crippen molar-refractivity contribution in [2.24, 2.45) is 0 Å². The van der Waals surface area contributed by atoms with Crippen LogP contribution >= 0.6 is 0 Å². The van der Waals surface area contributed by atoms with Gasteiger partial charge in [0.1, 0.15) is 0 Å². The summed E-state index contributed by atoms with van der Waals surface area (Å²) in [5.41, 5.74) is 3.11. The molecule has 0 aliphatic heterocycles. The fourth-order valence-corrected chi connectivity index (χ4v) is 2.88. The minimum Gasteiger partial charge on any atom is -0.298 e. The topological polar surface area (TPSA) is 17.1 Å². The van der Waals surface area contributed by atoms with E-state index in [-0.39, 0.29) is 0 Å². The molecule has 0 aliphatic rings. The molecule has 1 nitrogen and oxygen atoms in total. The summed E-state index contributed by atoms with van der Waals surface area (Å²) in [6.45, 7) is 0. The number of hydrogen-bond acceptors (Lipinski definition) is 1. The third-order valence-corrected chi connectivity index (χ3v) is 4.17. The number of benzene rings is 3. The second-order valence-electron chi connectivity index (χ2n) is 5.86. The normalized spacial score (nSPS) is 10.2. The van der Waals surface area contributed by atoms with E-state index in [0.717, 1.165) is 53.9 Å². The second kappa shape index (κ2) is 8.13. The van der Waals surface area contributed by atoms with E-state index in [0.29, 0.717) is 0 Å². The highest BCUT2D eigenvalue weighted by molar-refractivity contribution is 6.00. The Bertz CT molecular complexity index is 882. The molecule has 0 unspecified atom stereocenters. The lowest BCUT2D eigenvalue weighted by Gasteiger charge is -2.03. The van der Waals surface area contributed by atoms with Gasteiger partial charge in [-0.1, -0.05) is 66.4 Å². The van der Waals surface area contributed by atoms with Crippen LogP contribution in [0.2, 0.25) is 0 Å². The maximum Gasteiger partial charge on any atom is 0.150 e. The zero-order chi connectivity index (χ0) is 16.6.